The number of carbonyl (C=O) groups is 1. The van der Waals surface area contributed by atoms with Crippen molar-refractivity contribution in [2.24, 2.45) is 23.5 Å². The van der Waals surface area contributed by atoms with Gasteiger partial charge in [0.1, 0.15) is 0 Å². The normalized spacial score (nSPS) is 24.4. The van der Waals surface area contributed by atoms with Crippen LogP contribution in [0, 0.1) is 17.8 Å². The zero-order chi connectivity index (χ0) is 14.5. The first-order valence-electron chi connectivity index (χ1n) is 7.63. The molecule has 2 N–H and O–H groups in total. The summed E-state index contributed by atoms with van der Waals surface area (Å²) in [5.74, 6) is 1.33. The lowest BCUT2D eigenvalue weighted by Crippen LogP contribution is -2.47. The van der Waals surface area contributed by atoms with Crippen molar-refractivity contribution in [3.8, 4) is 0 Å². The van der Waals surface area contributed by atoms with Crippen LogP contribution in [-0.4, -0.2) is 30.4 Å². The van der Waals surface area contributed by atoms with Crippen LogP contribution in [0.4, 0.5) is 0 Å². The highest BCUT2D eigenvalue weighted by Crippen LogP contribution is 2.23. The molecule has 1 saturated heterocycles. The highest BCUT2D eigenvalue weighted by atomic mass is 16.2. The average molecular weight is 274 g/mol. The Labute approximate surface area is 122 Å². The molecule has 1 aromatic carbocycles. The van der Waals surface area contributed by atoms with Crippen LogP contribution in [0.5, 0.6) is 0 Å². The molecule has 3 unspecified atom stereocenters. The van der Waals surface area contributed by atoms with E-state index >= 15 is 0 Å². The molecule has 0 saturated carbocycles. The van der Waals surface area contributed by atoms with E-state index < -0.39 is 0 Å². The van der Waals surface area contributed by atoms with Gasteiger partial charge in [-0.15, -0.1) is 0 Å². The van der Waals surface area contributed by atoms with Crippen molar-refractivity contribution < 1.29 is 4.79 Å². The first-order valence-corrected chi connectivity index (χ1v) is 7.63. The van der Waals surface area contributed by atoms with E-state index in [2.05, 4.69) is 26.0 Å². The van der Waals surface area contributed by atoms with Gasteiger partial charge in [-0.2, -0.15) is 0 Å². The standard InChI is InChI=1S/C17H26N2O/c1-13-8-14(2)12-19(11-13)17(20)16(10-18)9-15-6-4-3-5-7-15/h3-7,13-14,16H,8-12,18H2,1-2H3. The van der Waals surface area contributed by atoms with E-state index in [1.807, 2.05) is 23.1 Å². The Bertz CT molecular complexity index is 422. The Balaban J connectivity index is 2.01. The average Bonchev–Trinajstić information content (AvgIpc) is 2.44. The number of piperidine rings is 1. The highest BCUT2D eigenvalue weighted by molar-refractivity contribution is 5.79. The summed E-state index contributed by atoms with van der Waals surface area (Å²) in [5.41, 5.74) is 7.04. The van der Waals surface area contributed by atoms with E-state index in [-0.39, 0.29) is 11.8 Å². The Morgan fingerprint density at radius 2 is 1.85 bits per heavy atom. The zero-order valence-corrected chi connectivity index (χ0v) is 12.6. The molecular formula is C17H26N2O. The molecule has 3 atom stereocenters. The lowest BCUT2D eigenvalue weighted by molar-refractivity contribution is -0.137. The fourth-order valence-corrected chi connectivity index (χ4v) is 3.27. The van der Waals surface area contributed by atoms with Crippen LogP contribution in [0.25, 0.3) is 0 Å². The smallest absolute Gasteiger partial charge is 0.227 e. The second-order valence-electron chi connectivity index (χ2n) is 6.31. The summed E-state index contributed by atoms with van der Waals surface area (Å²) >= 11 is 0. The Morgan fingerprint density at radius 1 is 1.25 bits per heavy atom. The number of hydrogen-bond donors (Lipinski definition) is 1. The summed E-state index contributed by atoms with van der Waals surface area (Å²) in [6.07, 6.45) is 1.96. The summed E-state index contributed by atoms with van der Waals surface area (Å²) in [4.78, 5) is 14.7. The lowest BCUT2D eigenvalue weighted by atomic mass is 9.90. The fourth-order valence-electron chi connectivity index (χ4n) is 3.27. The first-order chi connectivity index (χ1) is 9.60. The van der Waals surface area contributed by atoms with E-state index in [4.69, 9.17) is 5.73 Å². The molecule has 0 aliphatic carbocycles. The number of benzene rings is 1. The molecule has 2 rings (SSSR count). The predicted molar refractivity (Wildman–Crippen MR) is 82.2 cm³/mol. The maximum absolute atomic E-state index is 12.7. The largest absolute Gasteiger partial charge is 0.342 e. The number of nitrogens with two attached hydrogens (primary N) is 1. The van der Waals surface area contributed by atoms with Gasteiger partial charge < -0.3 is 10.6 Å². The fraction of sp³-hybridized carbons (Fsp3) is 0.588. The SMILES string of the molecule is CC1CC(C)CN(C(=O)C(CN)Cc2ccccc2)C1. The van der Waals surface area contributed by atoms with Gasteiger partial charge in [0.05, 0.1) is 5.92 Å². The van der Waals surface area contributed by atoms with Crippen LogP contribution in [0.2, 0.25) is 0 Å². The number of rotatable bonds is 4. The summed E-state index contributed by atoms with van der Waals surface area (Å²) in [7, 11) is 0. The van der Waals surface area contributed by atoms with Crippen LogP contribution in [0.3, 0.4) is 0 Å². The molecular weight excluding hydrogens is 248 g/mol. The number of hydrogen-bond acceptors (Lipinski definition) is 2. The van der Waals surface area contributed by atoms with Crippen molar-refractivity contribution >= 4 is 5.91 Å². The molecule has 1 aromatic rings. The number of amides is 1. The molecule has 20 heavy (non-hydrogen) atoms. The van der Waals surface area contributed by atoms with Crippen molar-refractivity contribution in [3.05, 3.63) is 35.9 Å². The maximum atomic E-state index is 12.7. The minimum atomic E-state index is -0.0881. The Morgan fingerprint density at radius 3 is 2.40 bits per heavy atom. The highest BCUT2D eigenvalue weighted by Gasteiger charge is 2.29. The number of likely N-dealkylation sites (tertiary alicyclic amines) is 1. The van der Waals surface area contributed by atoms with Gasteiger partial charge in [-0.25, -0.2) is 0 Å². The monoisotopic (exact) mass is 274 g/mol. The molecule has 110 valence electrons. The maximum Gasteiger partial charge on any atom is 0.227 e. The van der Waals surface area contributed by atoms with Gasteiger partial charge in [0, 0.05) is 19.6 Å². The second-order valence-corrected chi connectivity index (χ2v) is 6.31. The number of nitrogens with zero attached hydrogens (tertiary/aromatic N) is 1. The molecule has 3 nitrogen and oxygen atoms in total. The van der Waals surface area contributed by atoms with E-state index in [0.29, 0.717) is 18.4 Å². The molecule has 3 heteroatoms. The quantitative estimate of drug-likeness (QED) is 0.916. The lowest BCUT2D eigenvalue weighted by Gasteiger charge is -2.36. The van der Waals surface area contributed by atoms with E-state index in [1.54, 1.807) is 0 Å². The predicted octanol–water partition coefficient (Wildman–Crippen LogP) is 2.31. The molecule has 1 amide bonds. The van der Waals surface area contributed by atoms with Gasteiger partial charge in [0.2, 0.25) is 5.91 Å². The van der Waals surface area contributed by atoms with Crippen LogP contribution in [-0.2, 0) is 11.2 Å². The summed E-state index contributed by atoms with van der Waals surface area (Å²) < 4.78 is 0. The zero-order valence-electron chi connectivity index (χ0n) is 12.6. The summed E-state index contributed by atoms with van der Waals surface area (Å²) in [6.45, 7) is 6.64. The molecule has 1 aliphatic rings. The van der Waals surface area contributed by atoms with Crippen molar-refractivity contribution in [3.63, 3.8) is 0 Å². The first kappa shape index (κ1) is 15.0. The summed E-state index contributed by atoms with van der Waals surface area (Å²) in [5, 5.41) is 0. The van der Waals surface area contributed by atoms with Crippen LogP contribution in [0.1, 0.15) is 25.8 Å². The van der Waals surface area contributed by atoms with Crippen LogP contribution in [0.15, 0.2) is 30.3 Å². The van der Waals surface area contributed by atoms with Crippen LogP contribution < -0.4 is 5.73 Å². The molecule has 1 aliphatic heterocycles. The van der Waals surface area contributed by atoms with Gasteiger partial charge in [-0.05, 0) is 30.2 Å². The van der Waals surface area contributed by atoms with Crippen molar-refractivity contribution in [2.75, 3.05) is 19.6 Å². The van der Waals surface area contributed by atoms with Crippen molar-refractivity contribution in [1.29, 1.82) is 0 Å². The molecule has 0 bridgehead atoms. The molecule has 0 aromatic heterocycles. The van der Waals surface area contributed by atoms with Crippen LogP contribution >= 0.6 is 0 Å². The van der Waals surface area contributed by atoms with E-state index in [0.717, 1.165) is 19.5 Å². The van der Waals surface area contributed by atoms with Gasteiger partial charge in [-0.3, -0.25) is 4.79 Å². The van der Waals surface area contributed by atoms with E-state index in [1.165, 1.54) is 12.0 Å². The van der Waals surface area contributed by atoms with Gasteiger partial charge in [0.15, 0.2) is 0 Å². The van der Waals surface area contributed by atoms with Crippen molar-refractivity contribution in [2.45, 2.75) is 26.7 Å². The third-order valence-electron chi connectivity index (χ3n) is 4.14. The van der Waals surface area contributed by atoms with Crippen molar-refractivity contribution in [1.82, 2.24) is 4.90 Å². The third-order valence-corrected chi connectivity index (χ3v) is 4.14. The summed E-state index contributed by atoms with van der Waals surface area (Å²) in [6, 6.07) is 10.2. The van der Waals surface area contributed by atoms with Gasteiger partial charge >= 0.3 is 0 Å². The molecule has 1 heterocycles. The molecule has 0 radical (unpaired) electrons. The Hall–Kier alpha value is -1.35. The van der Waals surface area contributed by atoms with Gasteiger partial charge in [0.25, 0.3) is 0 Å². The topological polar surface area (TPSA) is 46.3 Å². The Kier molecular flexibility index (Phi) is 5.18. The molecule has 1 fully saturated rings. The molecule has 0 spiro atoms. The third kappa shape index (κ3) is 3.83. The number of carbonyl (C=O) groups excluding carboxylic acids is 1. The van der Waals surface area contributed by atoms with E-state index in [9.17, 15) is 4.79 Å². The van der Waals surface area contributed by atoms with Gasteiger partial charge in [-0.1, -0.05) is 44.2 Å². The minimum absolute atomic E-state index is 0.0881. The second kappa shape index (κ2) is 6.89. The minimum Gasteiger partial charge on any atom is -0.342 e.